The topological polar surface area (TPSA) is 84.8 Å². The summed E-state index contributed by atoms with van der Waals surface area (Å²) in [6.07, 6.45) is 0. The maximum Gasteiger partial charge on any atom is 0.161 e. The molecule has 9 aromatic carbocycles. The highest BCUT2D eigenvalue weighted by Gasteiger charge is 2.21. The molecule has 0 aliphatic carbocycles. The monoisotopic (exact) mass is 857 g/mol. The van der Waals surface area contributed by atoms with E-state index in [9.17, 15) is 10.5 Å². The number of para-hydroxylation sites is 4. The number of aromatic nitrogens is 3. The first-order valence-corrected chi connectivity index (χ1v) is 22.0. The van der Waals surface area contributed by atoms with E-state index < -0.39 is 0 Å². The van der Waals surface area contributed by atoms with Crippen LogP contribution < -0.4 is 9.80 Å². The van der Waals surface area contributed by atoms with Crippen molar-refractivity contribution in [3.63, 3.8) is 0 Å². The Morgan fingerprint density at radius 3 is 1.22 bits per heavy atom. The van der Waals surface area contributed by atoms with Crippen molar-refractivity contribution < 1.29 is 0 Å². The van der Waals surface area contributed by atoms with Crippen molar-refractivity contribution in [2.45, 2.75) is 0 Å². The van der Waals surface area contributed by atoms with Crippen LogP contribution in [0.5, 0.6) is 0 Å². The van der Waals surface area contributed by atoms with E-state index in [1.165, 1.54) is 0 Å². The van der Waals surface area contributed by atoms with Crippen LogP contribution in [-0.4, -0.2) is 14.5 Å². The van der Waals surface area contributed by atoms with Gasteiger partial charge in [0, 0.05) is 67.3 Å². The molecule has 0 N–H and O–H groups in total. The summed E-state index contributed by atoms with van der Waals surface area (Å²) >= 11 is 0. The third-order valence-electron chi connectivity index (χ3n) is 12.1. The summed E-state index contributed by atoms with van der Waals surface area (Å²) < 4.78 is 2.33. The number of benzene rings is 9. The van der Waals surface area contributed by atoms with Gasteiger partial charge in [-0.25, -0.2) is 9.97 Å². The lowest BCUT2D eigenvalue weighted by Crippen LogP contribution is -2.09. The fourth-order valence-electron chi connectivity index (χ4n) is 8.97. The molecule has 0 aliphatic heterocycles. The Bertz CT molecular complexity index is 3350. The fraction of sp³-hybridized carbons (Fsp3) is 0. The van der Waals surface area contributed by atoms with Gasteiger partial charge in [0.15, 0.2) is 5.82 Å². The second-order valence-corrected chi connectivity index (χ2v) is 16.1. The molecule has 11 aromatic rings. The molecule has 11 rings (SSSR count). The SMILES string of the molecule is N#Cc1ccccc1-c1cc(-c2ccc(-n3c4ccc(N(c5ccccc5)c5ccccc5)cc4c4cc(N(c5ccccc5)c5ccccc5)ccc43)cc2)nc(-c2ccccc2C#N)n1. The number of anilines is 6. The summed E-state index contributed by atoms with van der Waals surface area (Å²) in [6, 6.07) is 85.2. The predicted octanol–water partition coefficient (Wildman–Crippen LogP) is 15.3. The van der Waals surface area contributed by atoms with E-state index in [1.807, 2.05) is 66.7 Å². The summed E-state index contributed by atoms with van der Waals surface area (Å²) in [4.78, 5) is 14.6. The van der Waals surface area contributed by atoms with Gasteiger partial charge in [-0.15, -0.1) is 0 Å². The highest BCUT2D eigenvalue weighted by Crippen LogP contribution is 2.43. The third-order valence-corrected chi connectivity index (χ3v) is 12.1. The summed E-state index contributed by atoms with van der Waals surface area (Å²) in [7, 11) is 0. The zero-order valence-corrected chi connectivity index (χ0v) is 36.1. The number of rotatable bonds is 10. The molecular weight excluding hydrogens is 819 g/mol. The molecule has 7 nitrogen and oxygen atoms in total. The number of nitrogens with zero attached hydrogens (tertiary/aromatic N) is 7. The molecule has 0 saturated heterocycles. The average molecular weight is 858 g/mol. The van der Waals surface area contributed by atoms with Crippen molar-refractivity contribution in [3.8, 4) is 51.7 Å². The maximum absolute atomic E-state index is 10.1. The lowest BCUT2D eigenvalue weighted by molar-refractivity contribution is 1.17. The molecular formula is C60H39N7. The van der Waals surface area contributed by atoms with Crippen LogP contribution in [0.1, 0.15) is 11.1 Å². The Balaban J connectivity index is 1.10. The number of hydrogen-bond donors (Lipinski definition) is 0. The van der Waals surface area contributed by atoms with E-state index >= 15 is 0 Å². The molecule has 67 heavy (non-hydrogen) atoms. The van der Waals surface area contributed by atoms with E-state index in [1.54, 1.807) is 12.1 Å². The van der Waals surface area contributed by atoms with Crippen molar-refractivity contribution in [2.75, 3.05) is 9.80 Å². The minimum Gasteiger partial charge on any atom is -0.310 e. The number of hydrogen-bond acceptors (Lipinski definition) is 6. The summed E-state index contributed by atoms with van der Waals surface area (Å²) in [5, 5.41) is 22.3. The minimum atomic E-state index is 0.413. The molecule has 0 unspecified atom stereocenters. The van der Waals surface area contributed by atoms with Gasteiger partial charge in [-0.2, -0.15) is 10.5 Å². The normalized spacial score (nSPS) is 11.0. The van der Waals surface area contributed by atoms with E-state index in [2.05, 4.69) is 184 Å². The minimum absolute atomic E-state index is 0.413. The van der Waals surface area contributed by atoms with Crippen LogP contribution in [0.25, 0.3) is 61.4 Å². The molecule has 2 heterocycles. The lowest BCUT2D eigenvalue weighted by atomic mass is 10.0. The molecule has 0 bridgehead atoms. The molecule has 314 valence electrons. The molecule has 7 heteroatoms. The van der Waals surface area contributed by atoms with Crippen LogP contribution in [0.4, 0.5) is 34.1 Å². The van der Waals surface area contributed by atoms with Crippen LogP contribution >= 0.6 is 0 Å². The molecule has 2 aromatic heterocycles. The van der Waals surface area contributed by atoms with Crippen molar-refractivity contribution in [1.29, 1.82) is 10.5 Å². The Morgan fingerprint density at radius 1 is 0.358 bits per heavy atom. The molecule has 0 fully saturated rings. The molecule has 0 radical (unpaired) electrons. The first kappa shape index (κ1) is 40.2. The first-order valence-electron chi connectivity index (χ1n) is 22.0. The van der Waals surface area contributed by atoms with Crippen LogP contribution in [0.15, 0.2) is 237 Å². The van der Waals surface area contributed by atoms with E-state index in [0.29, 0.717) is 39.5 Å². The van der Waals surface area contributed by atoms with Gasteiger partial charge in [-0.05, 0) is 121 Å². The highest BCUT2D eigenvalue weighted by atomic mass is 15.1. The van der Waals surface area contributed by atoms with Crippen molar-refractivity contribution in [2.24, 2.45) is 0 Å². The molecule has 0 atom stereocenters. The Labute approximate surface area is 388 Å². The van der Waals surface area contributed by atoms with Crippen LogP contribution in [0, 0.1) is 22.7 Å². The van der Waals surface area contributed by atoms with Crippen LogP contribution in [0.2, 0.25) is 0 Å². The van der Waals surface area contributed by atoms with Gasteiger partial charge in [-0.1, -0.05) is 115 Å². The first-order chi connectivity index (χ1) is 33.1. The van der Waals surface area contributed by atoms with Crippen LogP contribution in [0.3, 0.4) is 0 Å². The maximum atomic E-state index is 10.1. The fourth-order valence-corrected chi connectivity index (χ4v) is 8.97. The van der Waals surface area contributed by atoms with Gasteiger partial charge in [0.2, 0.25) is 0 Å². The number of fused-ring (bicyclic) bond motifs is 3. The molecule has 0 saturated carbocycles. The summed E-state index contributed by atoms with van der Waals surface area (Å²) in [5.74, 6) is 0.413. The van der Waals surface area contributed by atoms with Gasteiger partial charge >= 0.3 is 0 Å². The molecule has 0 amide bonds. The Morgan fingerprint density at radius 2 is 0.761 bits per heavy atom. The molecule has 0 aliphatic rings. The second kappa shape index (κ2) is 17.5. The zero-order chi connectivity index (χ0) is 45.1. The van der Waals surface area contributed by atoms with Gasteiger partial charge in [-0.3, -0.25) is 0 Å². The third kappa shape index (κ3) is 7.59. The molecule has 0 spiro atoms. The van der Waals surface area contributed by atoms with Gasteiger partial charge in [0.1, 0.15) is 0 Å². The lowest BCUT2D eigenvalue weighted by Gasteiger charge is -2.26. The second-order valence-electron chi connectivity index (χ2n) is 16.1. The van der Waals surface area contributed by atoms with Gasteiger partial charge in [0.05, 0.1) is 45.7 Å². The van der Waals surface area contributed by atoms with Gasteiger partial charge < -0.3 is 14.4 Å². The Hall–Kier alpha value is -9.56. The number of nitriles is 2. The van der Waals surface area contributed by atoms with Crippen LogP contribution in [-0.2, 0) is 0 Å². The summed E-state index contributed by atoms with van der Waals surface area (Å²) in [6.45, 7) is 0. The van der Waals surface area contributed by atoms with E-state index in [0.717, 1.165) is 67.2 Å². The quantitative estimate of drug-likeness (QED) is 0.136. The van der Waals surface area contributed by atoms with E-state index in [-0.39, 0.29) is 0 Å². The van der Waals surface area contributed by atoms with Gasteiger partial charge in [0.25, 0.3) is 0 Å². The van der Waals surface area contributed by atoms with Crippen molar-refractivity contribution in [3.05, 3.63) is 248 Å². The van der Waals surface area contributed by atoms with Crippen molar-refractivity contribution in [1.82, 2.24) is 14.5 Å². The largest absolute Gasteiger partial charge is 0.310 e. The smallest absolute Gasteiger partial charge is 0.161 e. The standard InChI is InChI=1S/C60H39N7/c61-40-43-17-13-15-27-52(43)57-39-56(63-60(64-57)53-28-16-14-18-44(53)41-62)42-29-31-49(32-30-42)67-58-35-33-50(65(45-19-5-1-6-20-45)46-21-7-2-8-22-46)37-54(58)55-38-51(34-36-59(55)67)66(47-23-9-3-10-24-47)48-25-11-4-12-26-48/h1-39H. The van der Waals surface area contributed by atoms with Crippen molar-refractivity contribution >= 4 is 55.9 Å². The highest BCUT2D eigenvalue weighted by molar-refractivity contribution is 6.12. The predicted molar refractivity (Wildman–Crippen MR) is 271 cm³/mol. The summed E-state index contributed by atoms with van der Waals surface area (Å²) in [5.41, 5.74) is 13.9. The van der Waals surface area contributed by atoms with E-state index in [4.69, 9.17) is 9.97 Å². The average Bonchev–Trinajstić information content (AvgIpc) is 3.73. The zero-order valence-electron chi connectivity index (χ0n) is 36.1. The Kier molecular flexibility index (Phi) is 10.5.